The number of benzene rings is 1. The van der Waals surface area contributed by atoms with Crippen LogP contribution >= 0.6 is 0 Å². The second kappa shape index (κ2) is 9.24. The Hall–Kier alpha value is -4.16. The van der Waals surface area contributed by atoms with Crippen molar-refractivity contribution in [1.29, 1.82) is 0 Å². The fourth-order valence-electron chi connectivity index (χ4n) is 2.93. The van der Waals surface area contributed by atoms with Crippen molar-refractivity contribution in [3.8, 4) is 17.3 Å². The van der Waals surface area contributed by atoms with Crippen molar-refractivity contribution in [2.24, 2.45) is 7.05 Å². The molecule has 3 rings (SSSR count). The van der Waals surface area contributed by atoms with E-state index in [9.17, 15) is 36.3 Å². The topological polar surface area (TPSA) is 96.1 Å². The fourth-order valence-corrected chi connectivity index (χ4v) is 2.93. The second-order valence-corrected chi connectivity index (χ2v) is 7.58. The monoisotopic (exact) mass is 496 g/mol. The minimum absolute atomic E-state index is 0.105. The van der Waals surface area contributed by atoms with E-state index in [1.807, 2.05) is 0 Å². The van der Waals surface area contributed by atoms with E-state index >= 15 is 0 Å². The van der Waals surface area contributed by atoms with Gasteiger partial charge in [-0.05, 0) is 32.4 Å². The van der Waals surface area contributed by atoms with Gasteiger partial charge >= 0.3 is 11.7 Å². The van der Waals surface area contributed by atoms with Gasteiger partial charge in [-0.25, -0.2) is 32.3 Å². The third kappa shape index (κ3) is 4.48. The quantitative estimate of drug-likeness (QED) is 0.135. The van der Waals surface area contributed by atoms with E-state index in [-0.39, 0.29) is 16.1 Å². The summed E-state index contributed by atoms with van der Waals surface area (Å²) in [5.41, 5.74) is -0.262. The Bertz CT molecular complexity index is 1490. The molecule has 0 radical (unpaired) electrons. The molecule has 13 heteroatoms. The van der Waals surface area contributed by atoms with Crippen LogP contribution in [0.2, 0.25) is 0 Å². The maximum atomic E-state index is 13.8. The number of hydrogen-bond acceptors (Lipinski definition) is 6. The lowest BCUT2D eigenvalue weighted by atomic mass is 10.1. The Labute approximate surface area is 194 Å². The van der Waals surface area contributed by atoms with Crippen molar-refractivity contribution in [3.05, 3.63) is 79.0 Å². The van der Waals surface area contributed by atoms with Crippen molar-refractivity contribution < 1.29 is 31.5 Å². The van der Waals surface area contributed by atoms with Gasteiger partial charge in [0.25, 0.3) is 5.56 Å². The first-order chi connectivity index (χ1) is 16.3. The number of rotatable bonds is 5. The van der Waals surface area contributed by atoms with Gasteiger partial charge in [-0.1, -0.05) is 12.2 Å². The van der Waals surface area contributed by atoms with E-state index in [2.05, 4.69) is 21.3 Å². The molecule has 35 heavy (non-hydrogen) atoms. The summed E-state index contributed by atoms with van der Waals surface area (Å²) in [5, 5.41) is 0. The minimum atomic E-state index is -2.45. The van der Waals surface area contributed by atoms with E-state index in [0.717, 1.165) is 11.1 Å². The summed E-state index contributed by atoms with van der Waals surface area (Å²) in [7, 11) is 1.53. The van der Waals surface area contributed by atoms with Crippen LogP contribution in [0.5, 0.6) is 5.75 Å². The van der Waals surface area contributed by atoms with Gasteiger partial charge in [-0.3, -0.25) is 4.79 Å². The summed E-state index contributed by atoms with van der Waals surface area (Å²) in [5.74, 6) is -15.5. The molecule has 0 N–H and O–H groups in total. The Kier molecular flexibility index (Phi) is 6.72. The molecular weight excluding hydrogens is 479 g/mol. The molecule has 2 heterocycles. The molecule has 0 amide bonds. The number of allylic oxidation sites excluding steroid dienone is 2. The number of halogens is 5. The van der Waals surface area contributed by atoms with Crippen molar-refractivity contribution in [1.82, 2.24) is 19.1 Å². The highest BCUT2D eigenvalue weighted by molar-refractivity contribution is 5.72. The zero-order chi connectivity index (χ0) is 26.4. The first-order valence-corrected chi connectivity index (χ1v) is 9.80. The number of hydrogen-bond donors (Lipinski definition) is 0. The maximum Gasteiger partial charge on any atom is 0.353 e. The number of carbonyl (C=O) groups is 1. The van der Waals surface area contributed by atoms with Crippen molar-refractivity contribution in [3.63, 3.8) is 0 Å². The molecule has 0 spiro atoms. The number of carbonyl (C=O) groups excluding carboxylic acids is 1. The Balaban J connectivity index is 2.09. The van der Waals surface area contributed by atoms with Crippen molar-refractivity contribution in [2.45, 2.75) is 27.3 Å². The highest BCUT2D eigenvalue weighted by Crippen LogP contribution is 2.29. The second-order valence-electron chi connectivity index (χ2n) is 7.58. The van der Waals surface area contributed by atoms with Gasteiger partial charge in [0.15, 0.2) is 11.5 Å². The van der Waals surface area contributed by atoms with Crippen LogP contribution in [0.3, 0.4) is 0 Å². The average Bonchev–Trinajstić information content (AvgIpc) is 2.80. The lowest BCUT2D eigenvalue weighted by Gasteiger charge is -2.16. The third-order valence-corrected chi connectivity index (χ3v) is 5.21. The fraction of sp³-hybridized carbons (Fsp3) is 0.227. The number of aromatic nitrogens is 4. The molecule has 0 unspecified atom stereocenters. The molecule has 0 bridgehead atoms. The Morgan fingerprint density at radius 2 is 1.54 bits per heavy atom. The van der Waals surface area contributed by atoms with Crippen LogP contribution in [-0.4, -0.2) is 25.1 Å². The van der Waals surface area contributed by atoms with Crippen molar-refractivity contribution in [2.75, 3.05) is 0 Å². The lowest BCUT2D eigenvalue weighted by molar-refractivity contribution is -0.135. The first kappa shape index (κ1) is 25.5. The van der Waals surface area contributed by atoms with E-state index in [4.69, 9.17) is 0 Å². The molecule has 184 valence electrons. The predicted octanol–water partition coefficient (Wildman–Crippen LogP) is 3.03. The van der Waals surface area contributed by atoms with Crippen LogP contribution in [0.1, 0.15) is 25.2 Å². The van der Waals surface area contributed by atoms with Gasteiger partial charge in [0.1, 0.15) is 6.54 Å². The smallest absolute Gasteiger partial charge is 0.353 e. The Morgan fingerprint density at radius 3 is 2.09 bits per heavy atom. The molecule has 2 aliphatic rings. The molecule has 0 aliphatic carbocycles. The van der Waals surface area contributed by atoms with Crippen LogP contribution in [0.15, 0.2) is 27.3 Å². The van der Waals surface area contributed by atoms with Crippen LogP contribution in [0.4, 0.5) is 22.0 Å². The molecule has 0 atom stereocenters. The number of ether oxygens (including phenoxy) is 1. The summed E-state index contributed by atoms with van der Waals surface area (Å²) < 4.78 is 73.4. The summed E-state index contributed by atoms with van der Waals surface area (Å²) in [6, 6.07) is 0. The minimum Gasteiger partial charge on any atom is -0.419 e. The van der Waals surface area contributed by atoms with Gasteiger partial charge < -0.3 is 9.30 Å². The summed E-state index contributed by atoms with van der Waals surface area (Å²) in [4.78, 5) is 45.5. The first-order valence-electron chi connectivity index (χ1n) is 9.80. The molecule has 1 aromatic carbocycles. The van der Waals surface area contributed by atoms with E-state index in [0.29, 0.717) is 11.4 Å². The average molecular weight is 496 g/mol. The van der Waals surface area contributed by atoms with E-state index in [1.54, 1.807) is 26.8 Å². The van der Waals surface area contributed by atoms with E-state index in [1.165, 1.54) is 11.6 Å². The van der Waals surface area contributed by atoms with Crippen LogP contribution in [0.25, 0.3) is 17.6 Å². The zero-order valence-electron chi connectivity index (χ0n) is 18.8. The van der Waals surface area contributed by atoms with Crippen molar-refractivity contribution >= 4 is 12.0 Å². The lowest BCUT2D eigenvalue weighted by Crippen LogP contribution is -2.41. The molecule has 8 nitrogen and oxygen atoms in total. The maximum absolute atomic E-state index is 13.8. The van der Waals surface area contributed by atoms with Gasteiger partial charge in [-0.15, -0.1) is 0 Å². The van der Waals surface area contributed by atoms with Gasteiger partial charge in [0.05, 0.1) is 5.69 Å². The molecule has 0 saturated heterocycles. The van der Waals surface area contributed by atoms with Gasteiger partial charge in [0, 0.05) is 12.7 Å². The molecule has 1 aromatic rings. The molecule has 0 fully saturated rings. The van der Waals surface area contributed by atoms with Crippen LogP contribution in [-0.2, 0) is 18.4 Å². The summed E-state index contributed by atoms with van der Waals surface area (Å²) in [6.07, 6.45) is 1.64. The third-order valence-electron chi connectivity index (χ3n) is 5.21. The zero-order valence-corrected chi connectivity index (χ0v) is 18.8. The highest BCUT2D eigenvalue weighted by Gasteiger charge is 2.29. The highest BCUT2D eigenvalue weighted by atomic mass is 19.2. The summed E-state index contributed by atoms with van der Waals surface area (Å²) in [6.45, 7) is 7.76. The van der Waals surface area contributed by atoms with Crippen LogP contribution in [0, 0.1) is 36.0 Å². The summed E-state index contributed by atoms with van der Waals surface area (Å²) >= 11 is 0. The van der Waals surface area contributed by atoms with Gasteiger partial charge in [0.2, 0.25) is 34.8 Å². The Morgan fingerprint density at radius 1 is 1.00 bits per heavy atom. The largest absolute Gasteiger partial charge is 0.419 e. The standard InChI is InChI=1S/C22H17F5N4O4/c1-8(2)9(3)6-11-10(4)30(5)20-18(28-11)21(33)31(22(34)29-20)7-12(32)35-19-16(26)14(24)13(23)15(25)17(19)27/h6H,1,7H2,2-5H3/b9-6-. The SMILES string of the molecule is C=C(C)/C(C)=C\c1nc2c(=O)n(CC(=O)Oc3c(F)c(F)c(F)c(F)c3F)c(=O)nc-2n(C)c1C. The number of nitrogens with zero attached hydrogens (tertiary/aromatic N) is 4. The molecule has 0 aromatic heterocycles. The predicted molar refractivity (Wildman–Crippen MR) is 113 cm³/mol. The number of esters is 1. The van der Waals surface area contributed by atoms with Crippen LogP contribution < -0.4 is 16.0 Å². The number of fused-ring (bicyclic) bond motifs is 1. The van der Waals surface area contributed by atoms with E-state index < -0.39 is 58.6 Å². The molecule has 0 saturated carbocycles. The normalized spacial score (nSPS) is 11.7. The van der Waals surface area contributed by atoms with Gasteiger partial charge in [-0.2, -0.15) is 13.8 Å². The molecular formula is C22H17F5N4O4. The molecule has 2 aliphatic heterocycles.